The van der Waals surface area contributed by atoms with E-state index in [0.717, 1.165) is 0 Å². The molecule has 11 heavy (non-hydrogen) atoms. The van der Waals surface area contributed by atoms with E-state index >= 15 is 0 Å². The normalized spacial score (nSPS) is 37.0. The molecule has 2 rings (SSSR count). The van der Waals surface area contributed by atoms with Crippen LogP contribution in [0, 0.1) is 0 Å². The molecule has 1 spiro atoms. The molecule has 2 heteroatoms. The van der Waals surface area contributed by atoms with Crippen LogP contribution >= 0.6 is 6.83 Å². The van der Waals surface area contributed by atoms with Gasteiger partial charge in [0.15, 0.2) is 0 Å². The van der Waals surface area contributed by atoms with Crippen LogP contribution in [0.2, 0.25) is 0 Å². The molecule has 2 fully saturated rings. The second-order valence-electron chi connectivity index (χ2n) is 4.35. The Hall–Kier alpha value is 0.390. The Bertz CT molecular complexity index is 131. The van der Waals surface area contributed by atoms with Crippen molar-refractivity contribution in [3.63, 3.8) is 0 Å². The van der Waals surface area contributed by atoms with Gasteiger partial charge in [-0.2, -0.15) is 0 Å². The molecular formula is C9H19OP. The molecule has 2 heterocycles. The van der Waals surface area contributed by atoms with Gasteiger partial charge in [-0.3, -0.25) is 0 Å². The molecule has 2 saturated heterocycles. The van der Waals surface area contributed by atoms with Gasteiger partial charge >= 0.3 is 68.8 Å². The number of rotatable bonds is 1. The van der Waals surface area contributed by atoms with E-state index in [1.807, 2.05) is 7.11 Å². The predicted molar refractivity (Wildman–Crippen MR) is 51.9 cm³/mol. The van der Waals surface area contributed by atoms with Crippen LogP contribution in [0.1, 0.15) is 25.7 Å². The van der Waals surface area contributed by atoms with Crippen LogP contribution < -0.4 is 0 Å². The fourth-order valence-electron chi connectivity index (χ4n) is 3.08. The van der Waals surface area contributed by atoms with E-state index in [1.54, 1.807) is 0 Å². The molecule has 0 radical (unpaired) electrons. The van der Waals surface area contributed by atoms with Crippen molar-refractivity contribution in [3.8, 4) is 0 Å². The molecule has 0 N–H and O–H groups in total. The van der Waals surface area contributed by atoms with Gasteiger partial charge in [0.05, 0.1) is 0 Å². The summed E-state index contributed by atoms with van der Waals surface area (Å²) in [6, 6.07) is 0. The van der Waals surface area contributed by atoms with Crippen LogP contribution in [0.15, 0.2) is 0 Å². The van der Waals surface area contributed by atoms with Crippen molar-refractivity contribution >= 4 is 6.83 Å². The second kappa shape index (κ2) is 2.44. The number of hydrogen-bond donors (Lipinski definition) is 0. The van der Waals surface area contributed by atoms with Crippen molar-refractivity contribution in [2.75, 3.05) is 31.8 Å². The third-order valence-electron chi connectivity index (χ3n) is 3.91. The van der Waals surface area contributed by atoms with Crippen molar-refractivity contribution < 1.29 is 4.52 Å². The summed E-state index contributed by atoms with van der Waals surface area (Å²) < 4.78 is 5.98. The third kappa shape index (κ3) is 1.05. The molecule has 0 bridgehead atoms. The van der Waals surface area contributed by atoms with E-state index in [-0.39, 0.29) is 0 Å². The molecule has 2 aliphatic heterocycles. The third-order valence-corrected chi connectivity index (χ3v) is 10.7. The molecule has 0 unspecified atom stereocenters. The van der Waals surface area contributed by atoms with Gasteiger partial charge in [0, 0.05) is 0 Å². The minimum absolute atomic E-state index is 1.45. The van der Waals surface area contributed by atoms with Gasteiger partial charge in [0.1, 0.15) is 0 Å². The predicted octanol–water partition coefficient (Wildman–Crippen LogP) is 2.69. The van der Waals surface area contributed by atoms with Gasteiger partial charge in [-0.25, -0.2) is 0 Å². The molecule has 0 saturated carbocycles. The molecule has 1 nitrogen and oxygen atoms in total. The van der Waals surface area contributed by atoms with Gasteiger partial charge in [0.2, 0.25) is 0 Å². The Kier molecular flexibility index (Phi) is 1.77. The summed E-state index contributed by atoms with van der Waals surface area (Å²) >= 11 is 0. The van der Waals surface area contributed by atoms with E-state index in [2.05, 4.69) is 0 Å². The van der Waals surface area contributed by atoms with Crippen LogP contribution in [0.25, 0.3) is 0 Å². The first-order chi connectivity index (χ1) is 5.29. The van der Waals surface area contributed by atoms with Crippen molar-refractivity contribution in [1.29, 1.82) is 0 Å². The fourth-order valence-corrected chi connectivity index (χ4v) is 9.25. The Morgan fingerprint density at radius 3 is 1.45 bits per heavy atom. The monoisotopic (exact) mass is 174 g/mol. The first kappa shape index (κ1) is 8.01. The Balaban J connectivity index is 2.24. The van der Waals surface area contributed by atoms with Gasteiger partial charge in [-0.1, -0.05) is 0 Å². The molecule has 0 atom stereocenters. The quantitative estimate of drug-likeness (QED) is 0.555. The fraction of sp³-hybridized carbons (Fsp3) is 1.00. The Morgan fingerprint density at radius 2 is 1.18 bits per heavy atom. The van der Waals surface area contributed by atoms with E-state index in [1.165, 1.54) is 50.3 Å². The maximum atomic E-state index is 5.98. The van der Waals surface area contributed by atoms with Crippen LogP contribution in [0.5, 0.6) is 0 Å². The minimum atomic E-state index is -1.46. The summed E-state index contributed by atoms with van der Waals surface area (Å²) in [4.78, 5) is 0. The van der Waals surface area contributed by atoms with Crippen molar-refractivity contribution in [2.24, 2.45) is 0 Å². The molecule has 0 amide bonds. The topological polar surface area (TPSA) is 9.23 Å². The molecule has 66 valence electrons. The molecular weight excluding hydrogens is 155 g/mol. The standard InChI is InChI=1S/C9H19OP/c1-10-11(6-2-3-7-11)8-4-5-9-11/h2-9H2,1H3. The zero-order valence-corrected chi connectivity index (χ0v) is 8.41. The zero-order chi connectivity index (χ0) is 7.81. The summed E-state index contributed by atoms with van der Waals surface area (Å²) in [6.45, 7) is -1.46. The van der Waals surface area contributed by atoms with E-state index in [0.29, 0.717) is 0 Å². The summed E-state index contributed by atoms with van der Waals surface area (Å²) in [5, 5.41) is 0. The first-order valence-electron chi connectivity index (χ1n) is 4.86. The van der Waals surface area contributed by atoms with E-state index in [4.69, 9.17) is 4.52 Å². The van der Waals surface area contributed by atoms with Crippen LogP contribution in [0.4, 0.5) is 0 Å². The average Bonchev–Trinajstić information content (AvgIpc) is 2.64. The molecule has 0 aromatic rings. The second-order valence-corrected chi connectivity index (χ2v) is 10.2. The SMILES string of the molecule is COP12(CCCC1)CCCC2. The van der Waals surface area contributed by atoms with Crippen LogP contribution in [-0.2, 0) is 4.52 Å². The Morgan fingerprint density at radius 1 is 0.818 bits per heavy atom. The summed E-state index contributed by atoms with van der Waals surface area (Å²) in [6.07, 6.45) is 11.6. The molecule has 0 aromatic heterocycles. The molecule has 0 aliphatic carbocycles. The summed E-state index contributed by atoms with van der Waals surface area (Å²) in [5.41, 5.74) is 0. The van der Waals surface area contributed by atoms with Crippen molar-refractivity contribution in [3.05, 3.63) is 0 Å². The zero-order valence-electron chi connectivity index (χ0n) is 7.51. The summed E-state index contributed by atoms with van der Waals surface area (Å²) in [5.74, 6) is 0. The first-order valence-corrected chi connectivity index (χ1v) is 7.75. The van der Waals surface area contributed by atoms with E-state index in [9.17, 15) is 0 Å². The maximum absolute atomic E-state index is 5.98. The van der Waals surface area contributed by atoms with Crippen molar-refractivity contribution in [1.82, 2.24) is 0 Å². The Labute approximate surface area is 69.5 Å². The van der Waals surface area contributed by atoms with Crippen LogP contribution in [-0.4, -0.2) is 31.8 Å². The molecule has 2 aliphatic rings. The van der Waals surface area contributed by atoms with Crippen LogP contribution in [0.3, 0.4) is 0 Å². The van der Waals surface area contributed by atoms with Gasteiger partial charge in [-0.05, 0) is 0 Å². The van der Waals surface area contributed by atoms with Gasteiger partial charge in [0.25, 0.3) is 0 Å². The van der Waals surface area contributed by atoms with Crippen molar-refractivity contribution in [2.45, 2.75) is 25.7 Å². The number of hydrogen-bond acceptors (Lipinski definition) is 1. The average molecular weight is 174 g/mol. The summed E-state index contributed by atoms with van der Waals surface area (Å²) in [7, 11) is 1.98. The van der Waals surface area contributed by atoms with E-state index < -0.39 is 6.83 Å². The van der Waals surface area contributed by atoms with Gasteiger partial charge < -0.3 is 0 Å². The van der Waals surface area contributed by atoms with Gasteiger partial charge in [-0.15, -0.1) is 0 Å². The molecule has 0 aromatic carbocycles.